The summed E-state index contributed by atoms with van der Waals surface area (Å²) in [5.74, 6) is -0.850. The summed E-state index contributed by atoms with van der Waals surface area (Å²) in [5, 5.41) is 0. The molecule has 88 valence electrons. The van der Waals surface area contributed by atoms with Crippen LogP contribution in [0.4, 0.5) is 8.78 Å². The monoisotopic (exact) mass is 288 g/mol. The molecule has 0 spiro atoms. The Morgan fingerprint density at radius 2 is 1.88 bits per heavy atom. The number of hydrogen-bond acceptors (Lipinski definition) is 0. The first-order valence-electron chi connectivity index (χ1n) is 5.61. The van der Waals surface area contributed by atoms with Crippen LogP contribution in [0.25, 0.3) is 0 Å². The van der Waals surface area contributed by atoms with E-state index in [0.717, 1.165) is 12.8 Å². The van der Waals surface area contributed by atoms with Gasteiger partial charge in [0.1, 0.15) is 0 Å². The zero-order valence-corrected chi connectivity index (χ0v) is 11.0. The molecule has 1 fully saturated rings. The fraction of sp³-hybridized carbons (Fsp3) is 0.538. The predicted octanol–water partition coefficient (Wildman–Crippen LogP) is 4.55. The van der Waals surface area contributed by atoms with Crippen molar-refractivity contribution in [3.63, 3.8) is 0 Å². The normalized spacial score (nSPS) is 29.7. The Bertz CT molecular complexity index is 403. The second-order valence-corrected chi connectivity index (χ2v) is 5.83. The van der Waals surface area contributed by atoms with Crippen molar-refractivity contribution in [3.8, 4) is 0 Å². The molecule has 0 nitrogen and oxygen atoms in total. The number of hydrogen-bond donors (Lipinski definition) is 0. The number of halogens is 3. The standard InChI is InChI=1S/C13H15BrF2/c1-7-3-4-10(13(16)12(7)15)9-5-6-11(14)8(9)2/h3-4,8-9,11H,5-6H2,1-2H3. The molecular formula is C13H15BrF2. The lowest BCUT2D eigenvalue weighted by Crippen LogP contribution is -2.11. The van der Waals surface area contributed by atoms with Gasteiger partial charge < -0.3 is 0 Å². The average molecular weight is 289 g/mol. The van der Waals surface area contributed by atoms with E-state index >= 15 is 0 Å². The molecule has 1 aromatic carbocycles. The molecule has 3 heteroatoms. The number of benzene rings is 1. The molecule has 3 atom stereocenters. The molecule has 0 saturated heterocycles. The Kier molecular flexibility index (Phi) is 3.34. The summed E-state index contributed by atoms with van der Waals surface area (Å²) in [6, 6.07) is 3.40. The second kappa shape index (κ2) is 4.44. The first kappa shape index (κ1) is 12.0. The summed E-state index contributed by atoms with van der Waals surface area (Å²) in [6.45, 7) is 3.68. The van der Waals surface area contributed by atoms with Gasteiger partial charge in [-0.2, -0.15) is 0 Å². The largest absolute Gasteiger partial charge is 0.203 e. The summed E-state index contributed by atoms with van der Waals surface area (Å²) in [7, 11) is 0. The molecule has 1 aromatic rings. The molecule has 0 aromatic heterocycles. The quantitative estimate of drug-likeness (QED) is 0.665. The minimum atomic E-state index is -0.692. The Morgan fingerprint density at radius 3 is 2.44 bits per heavy atom. The van der Waals surface area contributed by atoms with Crippen molar-refractivity contribution in [2.45, 2.75) is 37.4 Å². The minimum Gasteiger partial charge on any atom is -0.203 e. The SMILES string of the molecule is Cc1ccc(C2CCC(Br)C2C)c(F)c1F. The van der Waals surface area contributed by atoms with E-state index in [1.807, 2.05) is 0 Å². The Morgan fingerprint density at radius 1 is 1.19 bits per heavy atom. The van der Waals surface area contributed by atoms with Gasteiger partial charge in [0.2, 0.25) is 0 Å². The zero-order chi connectivity index (χ0) is 11.9. The van der Waals surface area contributed by atoms with Gasteiger partial charge in [-0.1, -0.05) is 35.0 Å². The summed E-state index contributed by atoms with van der Waals surface area (Å²) in [5.41, 5.74) is 0.917. The first-order valence-corrected chi connectivity index (χ1v) is 6.52. The van der Waals surface area contributed by atoms with Gasteiger partial charge in [-0.05, 0) is 42.7 Å². The lowest BCUT2D eigenvalue weighted by atomic mass is 9.89. The summed E-state index contributed by atoms with van der Waals surface area (Å²) in [6.07, 6.45) is 1.96. The third-order valence-corrected chi connectivity index (χ3v) is 4.96. The molecule has 3 unspecified atom stereocenters. The number of alkyl halides is 1. The minimum absolute atomic E-state index is 0.138. The maximum atomic E-state index is 13.8. The molecule has 2 rings (SSSR count). The van der Waals surface area contributed by atoms with Gasteiger partial charge in [0.25, 0.3) is 0 Å². The van der Waals surface area contributed by atoms with Crippen molar-refractivity contribution in [2.24, 2.45) is 5.92 Å². The molecule has 1 aliphatic rings. The highest BCUT2D eigenvalue weighted by Crippen LogP contribution is 2.44. The molecule has 1 saturated carbocycles. The smallest absolute Gasteiger partial charge is 0.162 e. The van der Waals surface area contributed by atoms with E-state index in [1.165, 1.54) is 0 Å². The van der Waals surface area contributed by atoms with E-state index in [0.29, 0.717) is 21.9 Å². The third kappa shape index (κ3) is 1.90. The molecule has 0 bridgehead atoms. The summed E-state index contributed by atoms with van der Waals surface area (Å²) < 4.78 is 27.3. The highest BCUT2D eigenvalue weighted by Gasteiger charge is 2.34. The van der Waals surface area contributed by atoms with E-state index in [1.54, 1.807) is 19.1 Å². The van der Waals surface area contributed by atoms with Crippen molar-refractivity contribution in [3.05, 3.63) is 34.9 Å². The Hall–Kier alpha value is -0.440. The van der Waals surface area contributed by atoms with Gasteiger partial charge in [0.15, 0.2) is 11.6 Å². The number of rotatable bonds is 1. The number of aryl methyl sites for hydroxylation is 1. The van der Waals surface area contributed by atoms with Crippen molar-refractivity contribution >= 4 is 15.9 Å². The fourth-order valence-corrected chi connectivity index (χ4v) is 3.14. The van der Waals surface area contributed by atoms with Crippen molar-refractivity contribution in [1.29, 1.82) is 0 Å². The molecular weight excluding hydrogens is 274 g/mol. The zero-order valence-electron chi connectivity index (χ0n) is 9.43. The van der Waals surface area contributed by atoms with Crippen molar-refractivity contribution in [1.82, 2.24) is 0 Å². The van der Waals surface area contributed by atoms with E-state index in [4.69, 9.17) is 0 Å². The van der Waals surface area contributed by atoms with Gasteiger partial charge >= 0.3 is 0 Å². The molecule has 0 heterocycles. The van der Waals surface area contributed by atoms with Crippen LogP contribution in [-0.2, 0) is 0 Å². The van der Waals surface area contributed by atoms with Crippen LogP contribution in [0.3, 0.4) is 0 Å². The Balaban J connectivity index is 2.38. The second-order valence-electron chi connectivity index (χ2n) is 4.66. The van der Waals surface area contributed by atoms with Crippen molar-refractivity contribution in [2.75, 3.05) is 0 Å². The van der Waals surface area contributed by atoms with E-state index < -0.39 is 11.6 Å². The van der Waals surface area contributed by atoms with Gasteiger partial charge in [-0.25, -0.2) is 8.78 Å². The molecule has 1 aliphatic carbocycles. The molecule has 0 amide bonds. The van der Waals surface area contributed by atoms with Crippen LogP contribution >= 0.6 is 15.9 Å². The van der Waals surface area contributed by atoms with Gasteiger partial charge in [0, 0.05) is 4.83 Å². The van der Waals surface area contributed by atoms with E-state index in [-0.39, 0.29) is 5.92 Å². The van der Waals surface area contributed by atoms with Crippen LogP contribution in [0.5, 0.6) is 0 Å². The van der Waals surface area contributed by atoms with Gasteiger partial charge in [-0.15, -0.1) is 0 Å². The topological polar surface area (TPSA) is 0 Å². The molecule has 0 radical (unpaired) electrons. The Labute approximate surface area is 103 Å². The van der Waals surface area contributed by atoms with Crippen LogP contribution in [0.2, 0.25) is 0 Å². The average Bonchev–Trinajstić information content (AvgIpc) is 2.58. The highest BCUT2D eigenvalue weighted by molar-refractivity contribution is 9.09. The first-order chi connectivity index (χ1) is 7.52. The van der Waals surface area contributed by atoms with Crippen LogP contribution in [0.1, 0.15) is 36.8 Å². The highest BCUT2D eigenvalue weighted by atomic mass is 79.9. The van der Waals surface area contributed by atoms with E-state index in [2.05, 4.69) is 22.9 Å². The molecule has 16 heavy (non-hydrogen) atoms. The van der Waals surface area contributed by atoms with E-state index in [9.17, 15) is 8.78 Å². The third-order valence-electron chi connectivity index (χ3n) is 3.66. The maximum Gasteiger partial charge on any atom is 0.162 e. The van der Waals surface area contributed by atoms with Crippen molar-refractivity contribution < 1.29 is 8.78 Å². The maximum absolute atomic E-state index is 13.8. The lowest BCUT2D eigenvalue weighted by Gasteiger charge is -2.19. The summed E-state index contributed by atoms with van der Waals surface area (Å²) in [4.78, 5) is 0.418. The van der Waals surface area contributed by atoms with Crippen LogP contribution in [0.15, 0.2) is 12.1 Å². The van der Waals surface area contributed by atoms with Crippen LogP contribution < -0.4 is 0 Å². The fourth-order valence-electron chi connectivity index (χ4n) is 2.50. The molecule has 0 N–H and O–H groups in total. The van der Waals surface area contributed by atoms with Gasteiger partial charge in [0.05, 0.1) is 0 Å². The molecule has 0 aliphatic heterocycles. The van der Waals surface area contributed by atoms with Gasteiger partial charge in [-0.3, -0.25) is 0 Å². The van der Waals surface area contributed by atoms with Crippen LogP contribution in [-0.4, -0.2) is 4.83 Å². The summed E-state index contributed by atoms with van der Waals surface area (Å²) >= 11 is 3.58. The van der Waals surface area contributed by atoms with Crippen LogP contribution in [0, 0.1) is 24.5 Å². The predicted molar refractivity (Wildman–Crippen MR) is 64.9 cm³/mol. The lowest BCUT2D eigenvalue weighted by molar-refractivity contribution is 0.461.